The molecule has 0 unspecified atom stereocenters. The number of carbonyl (C=O) groups excluding carboxylic acids is 2. The first kappa shape index (κ1) is 22.1. The van der Waals surface area contributed by atoms with Gasteiger partial charge in [0.25, 0.3) is 0 Å². The van der Waals surface area contributed by atoms with E-state index in [-0.39, 0.29) is 0 Å². The van der Waals surface area contributed by atoms with Crippen molar-refractivity contribution in [1.29, 1.82) is 0 Å². The Balaban J connectivity index is 1.38. The molecule has 0 fully saturated rings. The fourth-order valence-electron chi connectivity index (χ4n) is 3.17. The van der Waals surface area contributed by atoms with Crippen LogP contribution in [0.5, 0.6) is 11.5 Å². The van der Waals surface area contributed by atoms with E-state index < -0.39 is 11.9 Å². The van der Waals surface area contributed by atoms with E-state index in [1.807, 2.05) is 24.3 Å². The van der Waals surface area contributed by atoms with Crippen LogP contribution in [-0.2, 0) is 0 Å². The van der Waals surface area contributed by atoms with Gasteiger partial charge in [-0.2, -0.15) is 0 Å². The van der Waals surface area contributed by atoms with Crippen LogP contribution in [0.15, 0.2) is 97.1 Å². The lowest BCUT2D eigenvalue weighted by Gasteiger charge is -2.08. The summed E-state index contributed by atoms with van der Waals surface area (Å²) >= 11 is 0. The molecule has 4 aromatic carbocycles. The highest BCUT2D eigenvalue weighted by molar-refractivity contribution is 5.92. The molecule has 0 aliphatic carbocycles. The molecule has 4 nitrogen and oxygen atoms in total. The van der Waals surface area contributed by atoms with Crippen LogP contribution in [0, 0.1) is 24.7 Å². The first-order valence-electron chi connectivity index (χ1n) is 10.3. The molecule has 4 rings (SSSR count). The second-order valence-electron chi connectivity index (χ2n) is 7.27. The standard InChI is InChI=1S/C30H18O4/c1-3-21-5-9-25(10-6-21)29(31)33-27-17-13-23(14-18-27)24-15-19-28(20-16-24)34-30(32)26-11-7-22(4-2)8-12-26/h1-2,5-20H. The van der Waals surface area contributed by atoms with Crippen molar-refractivity contribution < 1.29 is 19.1 Å². The number of ether oxygens (including phenoxy) is 2. The summed E-state index contributed by atoms with van der Waals surface area (Å²) in [7, 11) is 0. The highest BCUT2D eigenvalue weighted by Crippen LogP contribution is 2.25. The molecular weight excluding hydrogens is 424 g/mol. The number of benzene rings is 4. The molecule has 162 valence electrons. The molecule has 0 saturated carbocycles. The summed E-state index contributed by atoms with van der Waals surface area (Å²) in [6.07, 6.45) is 10.7. The Morgan fingerprint density at radius 1 is 0.500 bits per heavy atom. The van der Waals surface area contributed by atoms with Crippen LogP contribution in [0.3, 0.4) is 0 Å². The van der Waals surface area contributed by atoms with Gasteiger partial charge in [0, 0.05) is 11.1 Å². The smallest absolute Gasteiger partial charge is 0.343 e. The van der Waals surface area contributed by atoms with Gasteiger partial charge in [-0.25, -0.2) is 9.59 Å². The maximum absolute atomic E-state index is 12.3. The largest absolute Gasteiger partial charge is 0.423 e. The monoisotopic (exact) mass is 442 g/mol. The van der Waals surface area contributed by atoms with Gasteiger partial charge in [-0.15, -0.1) is 12.8 Å². The molecule has 0 atom stereocenters. The molecule has 0 bridgehead atoms. The summed E-state index contributed by atoms with van der Waals surface area (Å²) in [5.74, 6) is 4.94. The van der Waals surface area contributed by atoms with E-state index in [0.717, 1.165) is 11.1 Å². The Morgan fingerprint density at radius 3 is 1.12 bits per heavy atom. The quantitative estimate of drug-likeness (QED) is 0.224. The fraction of sp³-hybridized carbons (Fsp3) is 0. The zero-order valence-corrected chi connectivity index (χ0v) is 18.0. The molecule has 0 saturated heterocycles. The average Bonchev–Trinajstić information content (AvgIpc) is 2.89. The SMILES string of the molecule is C#Cc1ccc(C(=O)Oc2ccc(-c3ccc(OC(=O)c4ccc(C#C)cc4)cc3)cc2)cc1. The van der Waals surface area contributed by atoms with Gasteiger partial charge < -0.3 is 9.47 Å². The summed E-state index contributed by atoms with van der Waals surface area (Å²) in [5.41, 5.74) is 4.06. The molecule has 0 N–H and O–H groups in total. The number of carbonyl (C=O) groups is 2. The van der Waals surface area contributed by atoms with Crippen molar-refractivity contribution in [2.24, 2.45) is 0 Å². The predicted octanol–water partition coefficient (Wildman–Crippen LogP) is 5.75. The van der Waals surface area contributed by atoms with Crippen molar-refractivity contribution in [2.45, 2.75) is 0 Å². The van der Waals surface area contributed by atoms with Crippen LogP contribution < -0.4 is 9.47 Å². The third-order valence-electron chi connectivity index (χ3n) is 5.04. The van der Waals surface area contributed by atoms with E-state index in [9.17, 15) is 9.59 Å². The summed E-state index contributed by atoms with van der Waals surface area (Å²) in [5, 5.41) is 0. The summed E-state index contributed by atoms with van der Waals surface area (Å²) in [4.78, 5) is 24.6. The minimum absolute atomic E-state index is 0.417. The first-order valence-corrected chi connectivity index (χ1v) is 10.3. The number of esters is 2. The van der Waals surface area contributed by atoms with Crippen molar-refractivity contribution in [3.63, 3.8) is 0 Å². The lowest BCUT2D eigenvalue weighted by atomic mass is 10.1. The molecule has 0 amide bonds. The zero-order chi connectivity index (χ0) is 23.9. The van der Waals surface area contributed by atoms with Gasteiger partial charge >= 0.3 is 11.9 Å². The Kier molecular flexibility index (Phi) is 6.54. The Labute approximate surface area is 197 Å². The van der Waals surface area contributed by atoms with E-state index in [0.29, 0.717) is 33.8 Å². The fourth-order valence-corrected chi connectivity index (χ4v) is 3.17. The van der Waals surface area contributed by atoms with Gasteiger partial charge in [0.1, 0.15) is 11.5 Å². The lowest BCUT2D eigenvalue weighted by Crippen LogP contribution is -2.08. The molecule has 0 aliphatic rings. The van der Waals surface area contributed by atoms with Gasteiger partial charge in [-0.1, -0.05) is 36.1 Å². The Morgan fingerprint density at radius 2 is 0.824 bits per heavy atom. The number of terminal acetylenes is 2. The third kappa shape index (κ3) is 5.22. The molecule has 0 heterocycles. The highest BCUT2D eigenvalue weighted by atomic mass is 16.5. The maximum Gasteiger partial charge on any atom is 0.343 e. The summed E-state index contributed by atoms with van der Waals surface area (Å²) in [6, 6.07) is 27.5. The van der Waals surface area contributed by atoms with Crippen LogP contribution in [0.2, 0.25) is 0 Å². The third-order valence-corrected chi connectivity index (χ3v) is 5.04. The van der Waals surface area contributed by atoms with Crippen molar-refractivity contribution in [2.75, 3.05) is 0 Å². The number of hydrogen-bond acceptors (Lipinski definition) is 4. The van der Waals surface area contributed by atoms with Crippen LogP contribution in [0.1, 0.15) is 31.8 Å². The van der Waals surface area contributed by atoms with Gasteiger partial charge in [0.15, 0.2) is 0 Å². The molecular formula is C30H18O4. The Bertz CT molecular complexity index is 1290. The number of rotatable bonds is 5. The molecule has 4 aromatic rings. The molecule has 34 heavy (non-hydrogen) atoms. The second-order valence-corrected chi connectivity index (χ2v) is 7.27. The van der Waals surface area contributed by atoms with Crippen molar-refractivity contribution in [3.8, 4) is 47.3 Å². The lowest BCUT2D eigenvalue weighted by molar-refractivity contribution is 0.0725. The van der Waals surface area contributed by atoms with Gasteiger partial charge in [-0.05, 0) is 83.9 Å². The molecule has 4 heteroatoms. The molecule has 0 aromatic heterocycles. The van der Waals surface area contributed by atoms with Gasteiger partial charge in [0.2, 0.25) is 0 Å². The van der Waals surface area contributed by atoms with Crippen molar-refractivity contribution in [1.82, 2.24) is 0 Å². The van der Waals surface area contributed by atoms with Crippen LogP contribution >= 0.6 is 0 Å². The van der Waals surface area contributed by atoms with E-state index in [4.69, 9.17) is 22.3 Å². The minimum atomic E-state index is -0.462. The van der Waals surface area contributed by atoms with E-state index >= 15 is 0 Å². The van der Waals surface area contributed by atoms with Crippen LogP contribution in [-0.4, -0.2) is 11.9 Å². The van der Waals surface area contributed by atoms with Crippen molar-refractivity contribution >= 4 is 11.9 Å². The van der Waals surface area contributed by atoms with Crippen LogP contribution in [0.25, 0.3) is 11.1 Å². The minimum Gasteiger partial charge on any atom is -0.423 e. The van der Waals surface area contributed by atoms with Crippen molar-refractivity contribution in [3.05, 3.63) is 119 Å². The topological polar surface area (TPSA) is 52.6 Å². The molecule has 0 radical (unpaired) electrons. The second kappa shape index (κ2) is 10.0. The predicted molar refractivity (Wildman–Crippen MR) is 131 cm³/mol. The maximum atomic E-state index is 12.3. The van der Waals surface area contributed by atoms with E-state index in [1.165, 1.54) is 0 Å². The van der Waals surface area contributed by atoms with E-state index in [1.54, 1.807) is 72.8 Å². The molecule has 0 aliphatic heterocycles. The summed E-state index contributed by atoms with van der Waals surface area (Å²) < 4.78 is 10.9. The number of hydrogen-bond donors (Lipinski definition) is 0. The van der Waals surface area contributed by atoms with E-state index in [2.05, 4.69) is 11.8 Å². The first-order chi connectivity index (χ1) is 16.6. The Hall–Kier alpha value is -5.06. The van der Waals surface area contributed by atoms with Gasteiger partial charge in [0.05, 0.1) is 11.1 Å². The normalized spacial score (nSPS) is 9.94. The zero-order valence-electron chi connectivity index (χ0n) is 18.0. The van der Waals surface area contributed by atoms with Crippen LogP contribution in [0.4, 0.5) is 0 Å². The van der Waals surface area contributed by atoms with Gasteiger partial charge in [-0.3, -0.25) is 0 Å². The summed E-state index contributed by atoms with van der Waals surface area (Å²) in [6.45, 7) is 0. The average molecular weight is 442 g/mol. The molecule has 0 spiro atoms. The highest BCUT2D eigenvalue weighted by Gasteiger charge is 2.10.